The third kappa shape index (κ3) is 11.2. The normalized spacial score (nSPS) is 10.8. The van der Waals surface area contributed by atoms with Crippen LogP contribution in [0.3, 0.4) is 0 Å². The molecule has 1 rings (SSSR count). The van der Waals surface area contributed by atoms with Gasteiger partial charge in [-0.05, 0) is 31.0 Å². The molecule has 0 atom stereocenters. The highest BCUT2D eigenvalue weighted by atomic mass is 127. The highest BCUT2D eigenvalue weighted by molar-refractivity contribution is 14.0. The smallest absolute Gasteiger partial charge is 0.241 e. The molecule has 0 unspecified atom stereocenters. The number of hydrogen-bond donors (Lipinski definition) is 2. The fourth-order valence-electron chi connectivity index (χ4n) is 1.82. The molecule has 0 saturated heterocycles. The Kier molecular flexibility index (Phi) is 13.5. The van der Waals surface area contributed by atoms with E-state index in [1.807, 2.05) is 31.2 Å². The summed E-state index contributed by atoms with van der Waals surface area (Å²) in [6.07, 6.45) is 0.868. The Labute approximate surface area is 172 Å². The van der Waals surface area contributed by atoms with Crippen LogP contribution in [0.15, 0.2) is 29.3 Å². The van der Waals surface area contributed by atoms with Gasteiger partial charge in [0.05, 0.1) is 13.1 Å². The Bertz CT molecular complexity index is 541. The summed E-state index contributed by atoms with van der Waals surface area (Å²) in [5, 5.41) is 6.95. The number of nitrogens with zero attached hydrogens (tertiary/aromatic N) is 2. The Morgan fingerprint density at radius 1 is 1.32 bits per heavy atom. The molecule has 0 bridgehead atoms. The predicted octanol–water partition coefficient (Wildman–Crippen LogP) is 2.51. The molecule has 2 N–H and O–H groups in total. The van der Waals surface area contributed by atoms with Crippen LogP contribution in [0.25, 0.3) is 0 Å². The molecule has 6 nitrogen and oxygen atoms in total. The number of halogens is 2. The van der Waals surface area contributed by atoms with Gasteiger partial charge in [0, 0.05) is 38.9 Å². The van der Waals surface area contributed by atoms with Crippen molar-refractivity contribution in [3.63, 3.8) is 0 Å². The quantitative estimate of drug-likeness (QED) is 0.246. The number of nitrogens with one attached hydrogen (secondary N) is 2. The highest BCUT2D eigenvalue weighted by Gasteiger charge is 2.05. The summed E-state index contributed by atoms with van der Waals surface area (Å²) in [6, 6.07) is 7.57. The van der Waals surface area contributed by atoms with Gasteiger partial charge in [-0.3, -0.25) is 4.79 Å². The van der Waals surface area contributed by atoms with Crippen molar-refractivity contribution in [3.05, 3.63) is 34.9 Å². The second-order valence-corrected chi connectivity index (χ2v) is 5.85. The molecule has 0 heterocycles. The first kappa shape index (κ1) is 23.9. The number of benzene rings is 1. The number of amides is 1. The van der Waals surface area contributed by atoms with E-state index in [2.05, 4.69) is 15.6 Å². The van der Waals surface area contributed by atoms with Gasteiger partial charge in [0.1, 0.15) is 0 Å². The molecule has 0 aromatic heterocycles. The maximum absolute atomic E-state index is 11.7. The minimum Gasteiger partial charge on any atom is -0.382 e. The third-order valence-corrected chi connectivity index (χ3v) is 3.41. The Morgan fingerprint density at radius 2 is 2.08 bits per heavy atom. The zero-order chi connectivity index (χ0) is 17.8. The van der Waals surface area contributed by atoms with Gasteiger partial charge < -0.3 is 20.3 Å². The van der Waals surface area contributed by atoms with E-state index >= 15 is 0 Å². The summed E-state index contributed by atoms with van der Waals surface area (Å²) in [7, 11) is 3.45. The van der Waals surface area contributed by atoms with Crippen LogP contribution in [0.2, 0.25) is 5.02 Å². The zero-order valence-electron chi connectivity index (χ0n) is 15.0. The van der Waals surface area contributed by atoms with E-state index in [1.165, 1.54) is 4.90 Å². The second-order valence-electron chi connectivity index (χ2n) is 5.41. The van der Waals surface area contributed by atoms with Crippen LogP contribution in [-0.2, 0) is 16.1 Å². The number of ether oxygens (including phenoxy) is 1. The first-order chi connectivity index (χ1) is 11.5. The van der Waals surface area contributed by atoms with Crippen molar-refractivity contribution in [2.24, 2.45) is 4.99 Å². The molecule has 8 heteroatoms. The van der Waals surface area contributed by atoms with Gasteiger partial charge in [0.15, 0.2) is 5.96 Å². The molecule has 0 spiro atoms. The lowest BCUT2D eigenvalue weighted by molar-refractivity contribution is -0.127. The molecule has 142 valence electrons. The van der Waals surface area contributed by atoms with E-state index in [0.717, 1.165) is 18.5 Å². The lowest BCUT2D eigenvalue weighted by Gasteiger charge is -2.15. The van der Waals surface area contributed by atoms with Crippen LogP contribution in [0.5, 0.6) is 0 Å². The number of guanidine groups is 1. The fourth-order valence-corrected chi connectivity index (χ4v) is 2.04. The first-order valence-corrected chi connectivity index (χ1v) is 8.45. The summed E-state index contributed by atoms with van der Waals surface area (Å²) in [5.74, 6) is 0.586. The Morgan fingerprint density at radius 3 is 2.72 bits per heavy atom. The highest BCUT2D eigenvalue weighted by Crippen LogP contribution is 2.11. The number of likely N-dealkylation sites (N-methyl/N-ethyl adjacent to an activating group) is 1. The van der Waals surface area contributed by atoms with E-state index < -0.39 is 0 Å². The third-order valence-electron chi connectivity index (χ3n) is 3.18. The molecule has 0 radical (unpaired) electrons. The molecular formula is C17H28ClIN4O2. The van der Waals surface area contributed by atoms with Crippen LogP contribution >= 0.6 is 35.6 Å². The minimum atomic E-state index is -0.0124. The molecule has 0 saturated carbocycles. The predicted molar refractivity (Wildman–Crippen MR) is 114 cm³/mol. The van der Waals surface area contributed by atoms with E-state index in [9.17, 15) is 4.79 Å². The van der Waals surface area contributed by atoms with Crippen LogP contribution in [0, 0.1) is 0 Å². The van der Waals surface area contributed by atoms with Crippen LogP contribution in [-0.4, -0.2) is 57.2 Å². The maximum atomic E-state index is 11.7. The SMILES string of the molecule is CCOCCCNC(=NCc1cccc(Cl)c1)NCC(=O)N(C)C.I. The maximum Gasteiger partial charge on any atom is 0.241 e. The van der Waals surface area contributed by atoms with Gasteiger partial charge in [-0.1, -0.05) is 23.7 Å². The number of hydrogen-bond acceptors (Lipinski definition) is 3. The lowest BCUT2D eigenvalue weighted by atomic mass is 10.2. The van der Waals surface area contributed by atoms with Crippen molar-refractivity contribution in [2.75, 3.05) is 40.4 Å². The average Bonchev–Trinajstić information content (AvgIpc) is 2.56. The van der Waals surface area contributed by atoms with Crippen molar-refractivity contribution in [1.29, 1.82) is 0 Å². The Balaban J connectivity index is 0.00000576. The van der Waals surface area contributed by atoms with Crippen molar-refractivity contribution < 1.29 is 9.53 Å². The molecule has 0 aliphatic rings. The number of rotatable bonds is 9. The topological polar surface area (TPSA) is 66.0 Å². The molecule has 0 fully saturated rings. The molecule has 0 aliphatic heterocycles. The molecule has 1 amide bonds. The second kappa shape index (κ2) is 14.1. The van der Waals surface area contributed by atoms with Crippen molar-refractivity contribution in [3.8, 4) is 0 Å². The molecule has 1 aromatic rings. The van der Waals surface area contributed by atoms with E-state index in [-0.39, 0.29) is 36.4 Å². The summed E-state index contributed by atoms with van der Waals surface area (Å²) in [4.78, 5) is 17.8. The van der Waals surface area contributed by atoms with E-state index in [1.54, 1.807) is 14.1 Å². The zero-order valence-corrected chi connectivity index (χ0v) is 18.1. The standard InChI is InChI=1S/C17H27ClN4O2.HI/c1-4-24-10-6-9-19-17(21-13-16(23)22(2)3)20-12-14-7-5-8-15(18)11-14;/h5,7-8,11H,4,6,9-10,12-13H2,1-3H3,(H2,19,20,21);1H. The lowest BCUT2D eigenvalue weighted by Crippen LogP contribution is -2.43. The molecular weight excluding hydrogens is 455 g/mol. The Hall–Kier alpha value is -1.06. The monoisotopic (exact) mass is 482 g/mol. The number of carbonyl (C=O) groups excluding carboxylic acids is 1. The first-order valence-electron chi connectivity index (χ1n) is 8.07. The molecule has 1 aromatic carbocycles. The average molecular weight is 483 g/mol. The van der Waals surface area contributed by atoms with Gasteiger partial charge in [0.25, 0.3) is 0 Å². The van der Waals surface area contributed by atoms with Gasteiger partial charge in [-0.15, -0.1) is 24.0 Å². The fraction of sp³-hybridized carbons (Fsp3) is 0.529. The van der Waals surface area contributed by atoms with E-state index in [0.29, 0.717) is 30.7 Å². The summed E-state index contributed by atoms with van der Waals surface area (Å²) < 4.78 is 5.31. The van der Waals surface area contributed by atoms with Crippen molar-refractivity contribution >= 4 is 47.4 Å². The number of aliphatic imine (C=N–C) groups is 1. The van der Waals surface area contributed by atoms with Gasteiger partial charge in [0.2, 0.25) is 5.91 Å². The van der Waals surface area contributed by atoms with Crippen molar-refractivity contribution in [2.45, 2.75) is 19.9 Å². The van der Waals surface area contributed by atoms with Gasteiger partial charge >= 0.3 is 0 Å². The van der Waals surface area contributed by atoms with E-state index in [4.69, 9.17) is 16.3 Å². The summed E-state index contributed by atoms with van der Waals surface area (Å²) in [6.45, 7) is 4.78. The van der Waals surface area contributed by atoms with Crippen LogP contribution in [0.4, 0.5) is 0 Å². The molecule has 25 heavy (non-hydrogen) atoms. The van der Waals surface area contributed by atoms with Crippen LogP contribution in [0.1, 0.15) is 18.9 Å². The summed E-state index contributed by atoms with van der Waals surface area (Å²) >= 11 is 5.99. The van der Waals surface area contributed by atoms with Gasteiger partial charge in [-0.25, -0.2) is 4.99 Å². The largest absolute Gasteiger partial charge is 0.382 e. The minimum absolute atomic E-state index is 0. The van der Waals surface area contributed by atoms with Crippen molar-refractivity contribution in [1.82, 2.24) is 15.5 Å². The van der Waals surface area contributed by atoms with Crippen LogP contribution < -0.4 is 10.6 Å². The van der Waals surface area contributed by atoms with Gasteiger partial charge in [-0.2, -0.15) is 0 Å². The summed E-state index contributed by atoms with van der Waals surface area (Å²) in [5.41, 5.74) is 1.01. The number of carbonyl (C=O) groups is 1. The molecule has 0 aliphatic carbocycles.